The number of carbonyl (C=O) groups excluding carboxylic acids is 3. The summed E-state index contributed by atoms with van der Waals surface area (Å²) in [4.78, 5) is 39.9. The van der Waals surface area contributed by atoms with Crippen molar-refractivity contribution in [3.63, 3.8) is 0 Å². The molecule has 0 aromatic heterocycles. The molecular weight excluding hydrogens is 334 g/mol. The van der Waals surface area contributed by atoms with Crippen molar-refractivity contribution in [2.75, 3.05) is 13.7 Å². The zero-order chi connectivity index (χ0) is 18.9. The first-order valence-corrected chi connectivity index (χ1v) is 8.88. The van der Waals surface area contributed by atoms with E-state index < -0.39 is 11.6 Å². The molecule has 0 unspecified atom stereocenters. The summed E-state index contributed by atoms with van der Waals surface area (Å²) < 4.78 is 5.16. The minimum atomic E-state index is -0.903. The predicted octanol–water partition coefficient (Wildman–Crippen LogP) is 1.91. The Bertz CT molecular complexity index is 710. The number of nitrogens with zero attached hydrogens (tertiary/aromatic N) is 2. The zero-order valence-electron chi connectivity index (χ0n) is 15.4. The first kappa shape index (κ1) is 18.2. The lowest BCUT2D eigenvalue weighted by Gasteiger charge is -2.24. The first-order valence-electron chi connectivity index (χ1n) is 8.88. The van der Waals surface area contributed by atoms with Crippen LogP contribution in [0.1, 0.15) is 38.7 Å². The number of methoxy groups -OCH3 is 1. The highest BCUT2D eigenvalue weighted by Crippen LogP contribution is 2.29. The second kappa shape index (κ2) is 6.97. The number of hydrogen-bond acceptors (Lipinski definition) is 4. The van der Waals surface area contributed by atoms with Gasteiger partial charge in [-0.25, -0.2) is 4.79 Å². The van der Waals surface area contributed by atoms with Crippen molar-refractivity contribution >= 4 is 17.8 Å². The lowest BCUT2D eigenvalue weighted by Crippen LogP contribution is -2.41. The average Bonchev–Trinajstić information content (AvgIpc) is 3.41. The molecule has 1 aliphatic carbocycles. The van der Waals surface area contributed by atoms with Gasteiger partial charge in [-0.05, 0) is 44.4 Å². The molecule has 1 aliphatic heterocycles. The summed E-state index contributed by atoms with van der Waals surface area (Å²) in [5.74, 6) is 0.455. The van der Waals surface area contributed by atoms with Crippen LogP contribution in [0.4, 0.5) is 4.79 Å². The van der Waals surface area contributed by atoms with Gasteiger partial charge in [0.1, 0.15) is 11.3 Å². The van der Waals surface area contributed by atoms with E-state index in [1.165, 1.54) is 0 Å². The number of nitrogens with one attached hydrogen (secondary N) is 1. The molecule has 0 radical (unpaired) electrons. The third-order valence-electron chi connectivity index (χ3n) is 4.81. The van der Waals surface area contributed by atoms with Crippen molar-refractivity contribution in [3.05, 3.63) is 29.8 Å². The summed E-state index contributed by atoms with van der Waals surface area (Å²) in [5.41, 5.74) is 0.126. The molecule has 3 rings (SSSR count). The van der Waals surface area contributed by atoms with Gasteiger partial charge in [-0.15, -0.1) is 0 Å². The van der Waals surface area contributed by atoms with E-state index in [1.807, 2.05) is 29.2 Å². The van der Waals surface area contributed by atoms with Gasteiger partial charge in [0, 0.05) is 25.6 Å². The standard InChI is InChI=1S/C19H25N3O4/c1-19(2)17(24)21(18(25)20-19)11-10-16(23)22(14-6-7-14)12-13-4-8-15(26-3)9-5-13/h4-5,8-9,14H,6-7,10-12H2,1-3H3,(H,20,25). The Hall–Kier alpha value is -2.57. The van der Waals surface area contributed by atoms with Crippen molar-refractivity contribution in [1.29, 1.82) is 0 Å². The molecule has 1 saturated carbocycles. The zero-order valence-corrected chi connectivity index (χ0v) is 15.4. The maximum atomic E-state index is 12.7. The second-order valence-corrected chi connectivity index (χ2v) is 7.36. The van der Waals surface area contributed by atoms with Crippen LogP contribution in [-0.4, -0.2) is 52.9 Å². The minimum absolute atomic E-state index is 0.0337. The highest BCUT2D eigenvalue weighted by atomic mass is 16.5. The van der Waals surface area contributed by atoms with Gasteiger partial charge in [0.15, 0.2) is 0 Å². The third-order valence-corrected chi connectivity index (χ3v) is 4.81. The monoisotopic (exact) mass is 359 g/mol. The summed E-state index contributed by atoms with van der Waals surface area (Å²) in [7, 11) is 1.62. The lowest BCUT2D eigenvalue weighted by molar-refractivity contribution is -0.134. The molecule has 7 heteroatoms. The fourth-order valence-electron chi connectivity index (χ4n) is 3.11. The largest absolute Gasteiger partial charge is 0.497 e. The Morgan fingerprint density at radius 3 is 2.42 bits per heavy atom. The van der Waals surface area contributed by atoms with Crippen molar-refractivity contribution in [2.24, 2.45) is 0 Å². The molecule has 0 atom stereocenters. The lowest BCUT2D eigenvalue weighted by atomic mass is 10.1. The molecule has 2 aliphatic rings. The summed E-state index contributed by atoms with van der Waals surface area (Å²) in [6.45, 7) is 3.96. The molecule has 0 bridgehead atoms. The molecule has 4 amide bonds. The van der Waals surface area contributed by atoms with Crippen LogP contribution in [0.15, 0.2) is 24.3 Å². The quantitative estimate of drug-likeness (QED) is 0.754. The number of carbonyl (C=O) groups is 3. The number of benzene rings is 1. The van der Waals surface area contributed by atoms with E-state index in [2.05, 4.69) is 5.32 Å². The number of ether oxygens (including phenoxy) is 1. The molecule has 7 nitrogen and oxygen atoms in total. The molecule has 1 saturated heterocycles. The van der Waals surface area contributed by atoms with Crippen LogP contribution in [0.3, 0.4) is 0 Å². The summed E-state index contributed by atoms with van der Waals surface area (Å²) in [5, 5.41) is 2.63. The number of hydrogen-bond donors (Lipinski definition) is 1. The van der Waals surface area contributed by atoms with Crippen molar-refractivity contribution in [1.82, 2.24) is 15.1 Å². The number of rotatable bonds is 7. The van der Waals surface area contributed by atoms with E-state index in [0.29, 0.717) is 6.54 Å². The first-order chi connectivity index (χ1) is 12.3. The highest BCUT2D eigenvalue weighted by molar-refractivity contribution is 6.06. The molecule has 0 spiro atoms. The molecule has 2 fully saturated rings. The fraction of sp³-hybridized carbons (Fsp3) is 0.526. The van der Waals surface area contributed by atoms with Gasteiger partial charge in [0.05, 0.1) is 7.11 Å². The van der Waals surface area contributed by atoms with Gasteiger partial charge >= 0.3 is 6.03 Å². The number of urea groups is 1. The molecule has 140 valence electrons. The topological polar surface area (TPSA) is 79.0 Å². The van der Waals surface area contributed by atoms with E-state index in [0.717, 1.165) is 29.1 Å². The van der Waals surface area contributed by atoms with Gasteiger partial charge < -0.3 is 15.0 Å². The Labute approximate surface area is 153 Å². The second-order valence-electron chi connectivity index (χ2n) is 7.36. The normalized spacial score (nSPS) is 18.7. The smallest absolute Gasteiger partial charge is 0.325 e. The molecule has 1 N–H and O–H groups in total. The average molecular weight is 359 g/mol. The highest BCUT2D eigenvalue weighted by Gasteiger charge is 2.44. The van der Waals surface area contributed by atoms with Crippen LogP contribution in [0.5, 0.6) is 5.75 Å². The third kappa shape index (κ3) is 3.81. The molecule has 26 heavy (non-hydrogen) atoms. The molecule has 1 aromatic carbocycles. The summed E-state index contributed by atoms with van der Waals surface area (Å²) in [6.07, 6.45) is 2.14. The summed E-state index contributed by atoms with van der Waals surface area (Å²) >= 11 is 0. The Balaban J connectivity index is 1.60. The Kier molecular flexibility index (Phi) is 4.89. The molecular formula is C19H25N3O4. The van der Waals surface area contributed by atoms with Gasteiger partial charge in [0.2, 0.25) is 5.91 Å². The van der Waals surface area contributed by atoms with Crippen molar-refractivity contribution < 1.29 is 19.1 Å². The van der Waals surface area contributed by atoms with Crippen LogP contribution < -0.4 is 10.1 Å². The maximum Gasteiger partial charge on any atom is 0.325 e. The van der Waals surface area contributed by atoms with Gasteiger partial charge in [-0.1, -0.05) is 12.1 Å². The van der Waals surface area contributed by atoms with E-state index in [-0.39, 0.29) is 30.8 Å². The van der Waals surface area contributed by atoms with Crippen LogP contribution >= 0.6 is 0 Å². The van der Waals surface area contributed by atoms with Gasteiger partial charge in [-0.2, -0.15) is 0 Å². The SMILES string of the molecule is COc1ccc(CN(C(=O)CCN2C(=O)NC(C)(C)C2=O)C2CC2)cc1. The Morgan fingerprint density at radius 2 is 1.92 bits per heavy atom. The van der Waals surface area contributed by atoms with Crippen LogP contribution in [0.2, 0.25) is 0 Å². The van der Waals surface area contributed by atoms with E-state index in [1.54, 1.807) is 21.0 Å². The van der Waals surface area contributed by atoms with Gasteiger partial charge in [-0.3, -0.25) is 14.5 Å². The molecule has 1 aromatic rings. The van der Waals surface area contributed by atoms with E-state index in [9.17, 15) is 14.4 Å². The van der Waals surface area contributed by atoms with E-state index >= 15 is 0 Å². The van der Waals surface area contributed by atoms with Crippen molar-refractivity contribution in [3.8, 4) is 5.75 Å². The minimum Gasteiger partial charge on any atom is -0.497 e. The summed E-state index contributed by atoms with van der Waals surface area (Å²) in [6, 6.07) is 7.47. The van der Waals surface area contributed by atoms with Gasteiger partial charge in [0.25, 0.3) is 5.91 Å². The van der Waals surface area contributed by atoms with Crippen LogP contribution in [0.25, 0.3) is 0 Å². The Morgan fingerprint density at radius 1 is 1.27 bits per heavy atom. The predicted molar refractivity (Wildman–Crippen MR) is 95.5 cm³/mol. The number of amides is 4. The van der Waals surface area contributed by atoms with Crippen LogP contribution in [-0.2, 0) is 16.1 Å². The number of imide groups is 1. The maximum absolute atomic E-state index is 12.7. The fourth-order valence-corrected chi connectivity index (χ4v) is 3.11. The van der Waals surface area contributed by atoms with Crippen molar-refractivity contribution in [2.45, 2.75) is 51.2 Å². The van der Waals surface area contributed by atoms with E-state index in [4.69, 9.17) is 4.74 Å². The van der Waals surface area contributed by atoms with Crippen LogP contribution in [0, 0.1) is 0 Å². The molecule has 1 heterocycles.